The molecule has 1 aliphatic heterocycles. The van der Waals surface area contributed by atoms with Gasteiger partial charge in [-0.25, -0.2) is 4.79 Å². The molecule has 1 aromatic carbocycles. The van der Waals surface area contributed by atoms with E-state index in [0.717, 1.165) is 18.7 Å². The van der Waals surface area contributed by atoms with Crippen LogP contribution in [0.4, 0.5) is 0 Å². The van der Waals surface area contributed by atoms with Gasteiger partial charge in [0.2, 0.25) is 5.76 Å². The Morgan fingerprint density at radius 2 is 2.11 bits per heavy atom. The van der Waals surface area contributed by atoms with Crippen LogP contribution < -0.4 is 0 Å². The lowest BCUT2D eigenvalue weighted by Gasteiger charge is -2.02. The molecule has 0 atom stereocenters. The van der Waals surface area contributed by atoms with E-state index < -0.39 is 5.97 Å². The van der Waals surface area contributed by atoms with E-state index in [4.69, 9.17) is 9.63 Å². The summed E-state index contributed by atoms with van der Waals surface area (Å²) in [4.78, 5) is 13.0. The number of carbonyl (C=O) groups is 1. The van der Waals surface area contributed by atoms with Crippen LogP contribution in [0.2, 0.25) is 0 Å². The number of hydrogen-bond donors (Lipinski definition) is 1. The fourth-order valence-corrected chi connectivity index (χ4v) is 2.24. The Labute approximate surface area is 104 Å². The van der Waals surface area contributed by atoms with Gasteiger partial charge >= 0.3 is 5.97 Å². The van der Waals surface area contributed by atoms with Gasteiger partial charge in [-0.2, -0.15) is 0 Å². The largest absolute Gasteiger partial charge is 0.475 e. The van der Waals surface area contributed by atoms with Gasteiger partial charge in [-0.05, 0) is 24.2 Å². The lowest BCUT2D eigenvalue weighted by Crippen LogP contribution is -2.07. The molecular weight excluding hydrogens is 232 g/mol. The molecule has 0 saturated heterocycles. The van der Waals surface area contributed by atoms with Crippen LogP contribution in [0.5, 0.6) is 0 Å². The lowest BCUT2D eigenvalue weighted by molar-refractivity contribution is 0.0652. The second-order valence-corrected chi connectivity index (χ2v) is 4.54. The zero-order valence-electron chi connectivity index (χ0n) is 9.88. The quantitative estimate of drug-likeness (QED) is 0.875. The maximum absolute atomic E-state index is 10.7. The summed E-state index contributed by atoms with van der Waals surface area (Å²) in [5, 5.41) is 12.6. The maximum Gasteiger partial charge on any atom is 0.374 e. The number of fused-ring (bicyclic) bond motifs is 1. The first kappa shape index (κ1) is 11.0. The van der Waals surface area contributed by atoms with Gasteiger partial charge in [0.15, 0.2) is 0 Å². The smallest absolute Gasteiger partial charge is 0.374 e. The Kier molecular flexibility index (Phi) is 2.41. The summed E-state index contributed by atoms with van der Waals surface area (Å²) in [7, 11) is 2.07. The molecule has 0 bridgehead atoms. The normalized spacial score (nSPS) is 14.7. The van der Waals surface area contributed by atoms with E-state index >= 15 is 0 Å². The van der Waals surface area contributed by atoms with Crippen molar-refractivity contribution in [2.45, 2.75) is 13.1 Å². The summed E-state index contributed by atoms with van der Waals surface area (Å²) in [6.45, 7) is 1.86. The zero-order chi connectivity index (χ0) is 12.7. The molecule has 0 amide bonds. The predicted octanol–water partition coefficient (Wildman–Crippen LogP) is 1.99. The minimum Gasteiger partial charge on any atom is -0.475 e. The number of benzene rings is 1. The first-order valence-corrected chi connectivity index (χ1v) is 5.64. The van der Waals surface area contributed by atoms with Gasteiger partial charge in [-0.15, -0.1) is 0 Å². The Morgan fingerprint density at radius 3 is 2.83 bits per heavy atom. The summed E-state index contributed by atoms with van der Waals surface area (Å²) in [5.41, 5.74) is 4.02. The molecule has 18 heavy (non-hydrogen) atoms. The second-order valence-electron chi connectivity index (χ2n) is 4.54. The molecule has 0 fully saturated rings. The van der Waals surface area contributed by atoms with Gasteiger partial charge < -0.3 is 9.63 Å². The van der Waals surface area contributed by atoms with Crippen molar-refractivity contribution in [3.05, 3.63) is 41.2 Å². The monoisotopic (exact) mass is 244 g/mol. The zero-order valence-corrected chi connectivity index (χ0v) is 9.88. The number of carboxylic acids is 1. The molecule has 1 N–H and O–H groups in total. The standard InChI is InChI=1S/C13H12N2O3/c1-15-6-9-3-2-8(4-10(9)7-15)11-5-12(13(16)17)18-14-11/h2-5H,6-7H2,1H3,(H,16,17). The number of aromatic nitrogens is 1. The topological polar surface area (TPSA) is 66.6 Å². The third-order valence-electron chi connectivity index (χ3n) is 3.10. The highest BCUT2D eigenvalue weighted by molar-refractivity contribution is 5.85. The molecule has 92 valence electrons. The van der Waals surface area contributed by atoms with E-state index in [1.54, 1.807) is 0 Å². The van der Waals surface area contributed by atoms with Crippen molar-refractivity contribution in [2.24, 2.45) is 0 Å². The summed E-state index contributed by atoms with van der Waals surface area (Å²) >= 11 is 0. The molecule has 0 unspecified atom stereocenters. The third kappa shape index (κ3) is 1.78. The molecule has 0 radical (unpaired) electrons. The van der Waals surface area contributed by atoms with Crippen molar-refractivity contribution in [3.63, 3.8) is 0 Å². The Morgan fingerprint density at radius 1 is 1.33 bits per heavy atom. The molecule has 5 nitrogen and oxygen atoms in total. The van der Waals surface area contributed by atoms with Crippen molar-refractivity contribution in [1.82, 2.24) is 10.1 Å². The number of rotatable bonds is 2. The summed E-state index contributed by atoms with van der Waals surface area (Å²) in [5.74, 6) is -1.24. The van der Waals surface area contributed by atoms with Crippen LogP contribution in [0, 0.1) is 0 Å². The first-order chi connectivity index (χ1) is 8.63. The second kappa shape index (κ2) is 3.96. The van der Waals surface area contributed by atoms with Crippen molar-refractivity contribution >= 4 is 5.97 Å². The van der Waals surface area contributed by atoms with Crippen LogP contribution in [-0.2, 0) is 13.1 Å². The van der Waals surface area contributed by atoms with E-state index in [2.05, 4.69) is 23.2 Å². The highest BCUT2D eigenvalue weighted by atomic mass is 16.5. The molecular formula is C13H12N2O3. The highest BCUT2D eigenvalue weighted by Gasteiger charge is 2.18. The van der Waals surface area contributed by atoms with E-state index in [9.17, 15) is 4.79 Å². The fraction of sp³-hybridized carbons (Fsp3) is 0.231. The van der Waals surface area contributed by atoms with Crippen LogP contribution in [0.1, 0.15) is 21.7 Å². The molecule has 5 heteroatoms. The maximum atomic E-state index is 10.7. The van der Waals surface area contributed by atoms with Crippen molar-refractivity contribution in [2.75, 3.05) is 7.05 Å². The van der Waals surface area contributed by atoms with E-state index in [0.29, 0.717) is 5.69 Å². The Balaban J connectivity index is 1.97. The molecule has 1 aliphatic rings. The Hall–Kier alpha value is -2.14. The molecule has 0 saturated carbocycles. The van der Waals surface area contributed by atoms with E-state index in [-0.39, 0.29) is 5.76 Å². The van der Waals surface area contributed by atoms with E-state index in [1.165, 1.54) is 17.2 Å². The number of nitrogens with zero attached hydrogens (tertiary/aromatic N) is 2. The molecule has 2 heterocycles. The first-order valence-electron chi connectivity index (χ1n) is 5.64. The number of aromatic carboxylic acids is 1. The van der Waals surface area contributed by atoms with Crippen LogP contribution in [0.3, 0.4) is 0 Å². The van der Waals surface area contributed by atoms with Crippen LogP contribution in [0.15, 0.2) is 28.8 Å². The average molecular weight is 244 g/mol. The SMILES string of the molecule is CN1Cc2ccc(-c3cc(C(=O)O)on3)cc2C1. The van der Waals surface area contributed by atoms with Gasteiger partial charge in [-0.3, -0.25) is 4.90 Å². The summed E-state index contributed by atoms with van der Waals surface area (Å²) in [6, 6.07) is 7.50. The number of carboxylic acid groups (broad SMARTS) is 1. The van der Waals surface area contributed by atoms with Gasteiger partial charge in [0.05, 0.1) is 0 Å². The number of hydrogen-bond acceptors (Lipinski definition) is 4. The molecule has 0 spiro atoms. The fourth-order valence-electron chi connectivity index (χ4n) is 2.24. The van der Waals surface area contributed by atoms with Crippen molar-refractivity contribution < 1.29 is 14.4 Å². The van der Waals surface area contributed by atoms with Crippen molar-refractivity contribution in [3.8, 4) is 11.3 Å². The molecule has 1 aromatic heterocycles. The van der Waals surface area contributed by atoms with Gasteiger partial charge in [-0.1, -0.05) is 17.3 Å². The van der Waals surface area contributed by atoms with Gasteiger partial charge in [0, 0.05) is 24.7 Å². The van der Waals surface area contributed by atoms with Crippen LogP contribution in [0.25, 0.3) is 11.3 Å². The summed E-state index contributed by atoms with van der Waals surface area (Å²) < 4.78 is 4.76. The minimum atomic E-state index is -1.10. The summed E-state index contributed by atoms with van der Waals surface area (Å²) in [6.07, 6.45) is 0. The van der Waals surface area contributed by atoms with Gasteiger partial charge in [0.1, 0.15) is 5.69 Å². The van der Waals surface area contributed by atoms with Crippen LogP contribution in [-0.4, -0.2) is 28.2 Å². The average Bonchev–Trinajstić information content (AvgIpc) is 2.91. The lowest BCUT2D eigenvalue weighted by atomic mass is 10.0. The molecule has 0 aliphatic carbocycles. The van der Waals surface area contributed by atoms with Crippen molar-refractivity contribution in [1.29, 1.82) is 0 Å². The van der Waals surface area contributed by atoms with Crippen LogP contribution >= 0.6 is 0 Å². The third-order valence-corrected chi connectivity index (χ3v) is 3.10. The predicted molar refractivity (Wildman–Crippen MR) is 64.1 cm³/mol. The molecule has 3 rings (SSSR count). The van der Waals surface area contributed by atoms with Gasteiger partial charge in [0.25, 0.3) is 0 Å². The molecule has 2 aromatic rings. The Bertz CT molecular complexity index is 618. The highest BCUT2D eigenvalue weighted by Crippen LogP contribution is 2.27. The van der Waals surface area contributed by atoms with E-state index in [1.807, 2.05) is 12.1 Å². The minimum absolute atomic E-state index is 0.136.